The zero-order valence-corrected chi connectivity index (χ0v) is 51.2. The van der Waals surface area contributed by atoms with Crippen molar-refractivity contribution in [3.63, 3.8) is 0 Å². The fourth-order valence-corrected chi connectivity index (χ4v) is 17.6. The van der Waals surface area contributed by atoms with Crippen LogP contribution in [0.15, 0.2) is 23.3 Å². The van der Waals surface area contributed by atoms with E-state index in [1.807, 2.05) is 34.6 Å². The van der Waals surface area contributed by atoms with E-state index in [2.05, 4.69) is 19.9 Å². The second-order valence-corrected chi connectivity index (χ2v) is 28.0. The normalized spacial score (nSPS) is 51.2. The fraction of sp³-hybridized carbons (Fsp3) is 0.883. The van der Waals surface area contributed by atoms with E-state index in [0.29, 0.717) is 25.7 Å². The summed E-state index contributed by atoms with van der Waals surface area (Å²) in [5, 5.41) is 158. The van der Waals surface area contributed by atoms with Crippen molar-refractivity contribution in [2.75, 3.05) is 19.8 Å². The Morgan fingerprint density at radius 1 is 0.621 bits per heavy atom. The lowest BCUT2D eigenvalue weighted by Crippen LogP contribution is -2.77. The molecule has 8 fully saturated rings. The highest BCUT2D eigenvalue weighted by Gasteiger charge is 2.76. The standard InChI is InChI=1S/C60H94O27/c1-12-23(2)50(77)86-48-47(87-51-39(71)36(68)41(24(3)78-51)79-25(4)64)55(5,6)19-27-26-13-14-31-57(9)17-16-32(56(7,8)30(57)15-18-58(31,10)59(26,11)45(73)46(74)60(27,48)22-63)82-54-44(85-53-38(70)35(67)33(65)28(20-61)80-53)42(40(72)43(84-54)49(75)76)83-52-37(69)34(66)29(21-62)81-52/h12-13,24,27-48,51-54,61-63,65-74H,14-22H2,1-11H3,(H,75,76)/b23-12-/t24-,27?,28+,29+,30?,31?,32-,33-,34+,35-,36-,37-,38+,39+,40-,41-,42-,43-,44+,45+,46-,47-,48+,51-,52+,53-,54-,57-,58+,59-,60-/m0/s1. The molecule has 0 amide bonds. The first kappa shape index (κ1) is 68.4. The van der Waals surface area contributed by atoms with Gasteiger partial charge in [-0.1, -0.05) is 66.2 Å². The Morgan fingerprint density at radius 3 is 1.77 bits per heavy atom. The van der Waals surface area contributed by atoms with Crippen molar-refractivity contribution in [2.45, 2.75) is 262 Å². The molecule has 4 saturated carbocycles. The summed E-state index contributed by atoms with van der Waals surface area (Å²) in [5.74, 6) is -4.35. The smallest absolute Gasteiger partial charge is 0.335 e. The molecule has 4 heterocycles. The number of carboxylic acid groups (broad SMARTS) is 1. The molecule has 27 heteroatoms. The third-order valence-electron chi connectivity index (χ3n) is 22.7. The van der Waals surface area contributed by atoms with Crippen LogP contribution >= 0.6 is 0 Å². The first-order valence-electron chi connectivity index (χ1n) is 30.4. The Morgan fingerprint density at radius 2 is 1.20 bits per heavy atom. The van der Waals surface area contributed by atoms with Gasteiger partial charge in [0, 0.05) is 17.9 Å². The summed E-state index contributed by atoms with van der Waals surface area (Å²) in [6.45, 7) is 17.4. The number of carbonyl (C=O) groups excluding carboxylic acids is 2. The summed E-state index contributed by atoms with van der Waals surface area (Å²) in [6.07, 6.45) is -33.9. The SMILES string of the molecule is C/C=C(/C)C(=O)O[C@@H]1[C@H](O[C@@H]2O[C@@H](C)[C@H](OC(C)=O)[C@@H](O)[C@H]2O)C(C)(C)CC2C3=CCC4[C@@]5(C)CC[C@H](O[C@H]6O[C@H](C(=O)O)[C@@H](O)[C@H](O[C@H]7O[C@H](CO)[C@@H](O)[C@@H]7O)[C@H]6O[C@@H]6O[C@H](CO)[C@H](O)[C@H](O)[C@H]6O)C(C)(C)C5CC[C@@]4(C)[C@]3(C)[C@H](O)[C@H](O)[C@]21CO. The molecule has 496 valence electrons. The molecule has 9 rings (SSSR count). The van der Waals surface area contributed by atoms with Crippen LogP contribution in [0.5, 0.6) is 0 Å². The summed E-state index contributed by atoms with van der Waals surface area (Å²) in [5.41, 5.74) is -5.29. The number of fused-ring (bicyclic) bond motifs is 7. The Labute approximate surface area is 505 Å². The van der Waals surface area contributed by atoms with Crippen molar-refractivity contribution in [3.05, 3.63) is 23.3 Å². The summed E-state index contributed by atoms with van der Waals surface area (Å²) < 4.78 is 61.0. The number of allylic oxidation sites excluding steroid dienone is 2. The molecule has 14 N–H and O–H groups in total. The van der Waals surface area contributed by atoms with Crippen molar-refractivity contribution in [1.82, 2.24) is 0 Å². The maximum absolute atomic E-state index is 14.1. The lowest BCUT2D eigenvalue weighted by Gasteiger charge is -2.73. The summed E-state index contributed by atoms with van der Waals surface area (Å²) in [6, 6.07) is 0. The number of aliphatic hydroxyl groups excluding tert-OH is 13. The maximum atomic E-state index is 14.1. The van der Waals surface area contributed by atoms with Crippen LogP contribution in [-0.2, 0) is 61.8 Å². The van der Waals surface area contributed by atoms with Crippen molar-refractivity contribution in [1.29, 1.82) is 0 Å². The lowest BCUT2D eigenvalue weighted by molar-refractivity contribution is -0.386. The van der Waals surface area contributed by atoms with Gasteiger partial charge in [0.25, 0.3) is 0 Å². The molecule has 5 aliphatic carbocycles. The van der Waals surface area contributed by atoms with Crippen LogP contribution in [0, 0.1) is 50.2 Å². The van der Waals surface area contributed by atoms with Crippen molar-refractivity contribution in [2.24, 2.45) is 50.2 Å². The van der Waals surface area contributed by atoms with Crippen LogP contribution in [-0.4, -0.2) is 256 Å². The molecule has 0 aromatic carbocycles. The van der Waals surface area contributed by atoms with Crippen LogP contribution < -0.4 is 0 Å². The van der Waals surface area contributed by atoms with Crippen LogP contribution in [0.25, 0.3) is 0 Å². The minimum atomic E-state index is -2.15. The lowest BCUT2D eigenvalue weighted by atomic mass is 9.32. The number of rotatable bonds is 15. The second-order valence-electron chi connectivity index (χ2n) is 28.0. The molecule has 0 aromatic rings. The van der Waals surface area contributed by atoms with E-state index in [0.717, 1.165) is 12.5 Å². The molecule has 87 heavy (non-hydrogen) atoms. The van der Waals surface area contributed by atoms with Gasteiger partial charge in [0.1, 0.15) is 85.5 Å². The van der Waals surface area contributed by atoms with E-state index in [1.165, 1.54) is 19.9 Å². The molecule has 4 saturated heterocycles. The number of esters is 2. The summed E-state index contributed by atoms with van der Waals surface area (Å²) in [4.78, 5) is 39.0. The third kappa shape index (κ3) is 11.0. The fourth-order valence-electron chi connectivity index (χ4n) is 17.6. The number of carboxylic acids is 1. The van der Waals surface area contributed by atoms with Gasteiger partial charge in [0.05, 0.1) is 49.7 Å². The topological polar surface area (TPSA) is 427 Å². The molecule has 3 unspecified atom stereocenters. The molecule has 0 bridgehead atoms. The van der Waals surface area contributed by atoms with Crippen LogP contribution in [0.2, 0.25) is 0 Å². The molecular weight excluding hydrogens is 1150 g/mol. The van der Waals surface area contributed by atoms with Crippen LogP contribution in [0.3, 0.4) is 0 Å². The van der Waals surface area contributed by atoms with Crippen LogP contribution in [0.1, 0.15) is 115 Å². The van der Waals surface area contributed by atoms with Gasteiger partial charge in [-0.3, -0.25) is 4.79 Å². The van der Waals surface area contributed by atoms with E-state index < -0.39 is 223 Å². The van der Waals surface area contributed by atoms with Gasteiger partial charge in [-0.2, -0.15) is 0 Å². The van der Waals surface area contributed by atoms with Gasteiger partial charge in [-0.05, 0) is 98.7 Å². The van der Waals surface area contributed by atoms with Gasteiger partial charge in [-0.15, -0.1) is 0 Å². The average Bonchev–Trinajstić information content (AvgIpc) is 0.914. The third-order valence-corrected chi connectivity index (χ3v) is 22.7. The highest BCUT2D eigenvalue weighted by molar-refractivity contribution is 5.87. The molecule has 4 aliphatic heterocycles. The molecular formula is C60H94O27. The Balaban J connectivity index is 1.04. The summed E-state index contributed by atoms with van der Waals surface area (Å²) in [7, 11) is 0. The zero-order chi connectivity index (χ0) is 64.3. The van der Waals surface area contributed by atoms with Gasteiger partial charge in [0.15, 0.2) is 37.4 Å². The van der Waals surface area contributed by atoms with E-state index >= 15 is 0 Å². The number of aliphatic hydroxyl groups is 13. The quantitative estimate of drug-likeness (QED) is 0.0371. The minimum Gasteiger partial charge on any atom is -0.479 e. The predicted octanol–water partition coefficient (Wildman–Crippen LogP) is -1.83. The second kappa shape index (κ2) is 24.8. The number of hydrogen-bond donors (Lipinski definition) is 14. The van der Waals surface area contributed by atoms with Gasteiger partial charge in [0.2, 0.25) is 0 Å². The Kier molecular flexibility index (Phi) is 19.5. The molecule has 9 aliphatic rings. The molecule has 0 aromatic heterocycles. The number of ether oxygens (including phenoxy) is 10. The van der Waals surface area contributed by atoms with Gasteiger partial charge in [-0.25, -0.2) is 9.59 Å². The molecule has 31 atom stereocenters. The number of carbonyl (C=O) groups is 3. The molecule has 27 nitrogen and oxygen atoms in total. The van der Waals surface area contributed by atoms with Crippen molar-refractivity contribution < 1.29 is 133 Å². The Hall–Kier alpha value is -2.95. The summed E-state index contributed by atoms with van der Waals surface area (Å²) >= 11 is 0. The molecule has 0 spiro atoms. The minimum absolute atomic E-state index is 0.194. The average molecular weight is 1250 g/mol. The van der Waals surface area contributed by atoms with Crippen molar-refractivity contribution >= 4 is 17.9 Å². The van der Waals surface area contributed by atoms with E-state index in [1.54, 1.807) is 6.92 Å². The largest absolute Gasteiger partial charge is 0.479 e. The highest BCUT2D eigenvalue weighted by Crippen LogP contribution is 2.76. The number of aliphatic carboxylic acids is 1. The van der Waals surface area contributed by atoms with Gasteiger partial charge >= 0.3 is 17.9 Å². The zero-order valence-electron chi connectivity index (χ0n) is 51.2. The maximum Gasteiger partial charge on any atom is 0.335 e. The first-order chi connectivity index (χ1) is 40.6. The van der Waals surface area contributed by atoms with Crippen molar-refractivity contribution in [3.8, 4) is 0 Å². The number of hydrogen-bond acceptors (Lipinski definition) is 26. The van der Waals surface area contributed by atoms with Crippen LogP contribution in [0.4, 0.5) is 0 Å². The van der Waals surface area contributed by atoms with E-state index in [4.69, 9.17) is 47.4 Å². The highest BCUT2D eigenvalue weighted by atomic mass is 16.8. The van der Waals surface area contributed by atoms with E-state index in [-0.39, 0.29) is 30.3 Å². The monoisotopic (exact) mass is 1250 g/mol. The first-order valence-corrected chi connectivity index (χ1v) is 30.4. The Bertz CT molecular complexity index is 2560. The predicted molar refractivity (Wildman–Crippen MR) is 294 cm³/mol. The van der Waals surface area contributed by atoms with Gasteiger partial charge < -0.3 is 119 Å². The van der Waals surface area contributed by atoms with E-state index in [9.17, 15) is 85.9 Å². The molecule has 0 radical (unpaired) electrons.